The number of nitrogens with zero attached hydrogens (tertiary/aromatic N) is 2. The zero-order valence-corrected chi connectivity index (χ0v) is 18.5. The summed E-state index contributed by atoms with van der Waals surface area (Å²) in [5, 5.41) is 14.3. The minimum atomic E-state index is -0.262. The SMILES string of the molecule is Cc1c(F)cccc1Cc1c(C(=O)N2CCNCC2)c2cc(O)ccc2n1-c1ccccc1. The van der Waals surface area contributed by atoms with Crippen LogP contribution < -0.4 is 5.32 Å². The number of hydrogen-bond acceptors (Lipinski definition) is 3. The number of hydrogen-bond donors (Lipinski definition) is 2. The van der Waals surface area contributed by atoms with E-state index in [0.29, 0.717) is 36.0 Å². The van der Waals surface area contributed by atoms with E-state index >= 15 is 0 Å². The van der Waals surface area contributed by atoms with Crippen LogP contribution in [-0.2, 0) is 6.42 Å². The highest BCUT2D eigenvalue weighted by Gasteiger charge is 2.28. The van der Waals surface area contributed by atoms with Gasteiger partial charge in [0.25, 0.3) is 5.91 Å². The highest BCUT2D eigenvalue weighted by Crippen LogP contribution is 2.35. The van der Waals surface area contributed by atoms with E-state index in [1.807, 2.05) is 47.4 Å². The van der Waals surface area contributed by atoms with Crippen molar-refractivity contribution < 1.29 is 14.3 Å². The fourth-order valence-corrected chi connectivity index (χ4v) is 4.66. The van der Waals surface area contributed by atoms with Crippen molar-refractivity contribution in [3.63, 3.8) is 0 Å². The standard InChI is InChI=1S/C27H26FN3O2/c1-18-19(6-5-9-23(18)28)16-25-26(27(33)30-14-12-29-13-15-30)22-17-21(32)10-11-24(22)31(25)20-7-3-2-4-8-20/h2-11,17,29,32H,12-16H2,1H3. The third-order valence-corrected chi connectivity index (χ3v) is 6.42. The molecule has 1 aliphatic heterocycles. The Morgan fingerprint density at radius 3 is 2.55 bits per heavy atom. The zero-order valence-electron chi connectivity index (χ0n) is 18.5. The molecule has 0 atom stereocenters. The molecule has 1 amide bonds. The van der Waals surface area contributed by atoms with E-state index in [1.165, 1.54) is 6.07 Å². The zero-order chi connectivity index (χ0) is 22.9. The summed E-state index contributed by atoms with van der Waals surface area (Å²) in [6.07, 6.45) is 0.390. The molecule has 0 spiro atoms. The normalized spacial score (nSPS) is 14.1. The predicted octanol–water partition coefficient (Wildman–Crippen LogP) is 4.42. The maximum atomic E-state index is 14.4. The second-order valence-electron chi connectivity index (χ2n) is 8.44. The van der Waals surface area contributed by atoms with Crippen molar-refractivity contribution in [1.82, 2.24) is 14.8 Å². The number of nitrogens with one attached hydrogen (secondary N) is 1. The molecule has 1 aromatic heterocycles. The number of amides is 1. The molecule has 6 heteroatoms. The highest BCUT2D eigenvalue weighted by atomic mass is 19.1. The van der Waals surface area contributed by atoms with Crippen molar-refractivity contribution in [3.05, 3.63) is 94.9 Å². The number of carbonyl (C=O) groups excluding carboxylic acids is 1. The van der Waals surface area contributed by atoms with E-state index in [-0.39, 0.29) is 17.5 Å². The average molecular weight is 444 g/mol. The lowest BCUT2D eigenvalue weighted by Crippen LogP contribution is -2.46. The van der Waals surface area contributed by atoms with Crippen LogP contribution in [0, 0.1) is 12.7 Å². The molecule has 5 rings (SSSR count). The largest absolute Gasteiger partial charge is 0.508 e. The summed E-state index contributed by atoms with van der Waals surface area (Å²) in [6.45, 7) is 4.49. The summed E-state index contributed by atoms with van der Waals surface area (Å²) in [4.78, 5) is 15.7. The smallest absolute Gasteiger partial charge is 0.256 e. The van der Waals surface area contributed by atoms with Crippen LogP contribution in [0.15, 0.2) is 66.7 Å². The second-order valence-corrected chi connectivity index (χ2v) is 8.44. The number of phenolic OH excluding ortho intramolecular Hbond substituents is 1. The Morgan fingerprint density at radius 1 is 1.03 bits per heavy atom. The molecule has 0 saturated carbocycles. The fraction of sp³-hybridized carbons (Fsp3) is 0.222. The molecule has 3 aromatic carbocycles. The van der Waals surface area contributed by atoms with Crippen LogP contribution in [0.25, 0.3) is 16.6 Å². The monoisotopic (exact) mass is 443 g/mol. The van der Waals surface area contributed by atoms with E-state index in [4.69, 9.17) is 0 Å². The number of aromatic nitrogens is 1. The van der Waals surface area contributed by atoms with Gasteiger partial charge in [0.1, 0.15) is 11.6 Å². The van der Waals surface area contributed by atoms with Gasteiger partial charge < -0.3 is 19.9 Å². The molecule has 2 heterocycles. The van der Waals surface area contributed by atoms with Crippen molar-refractivity contribution in [2.45, 2.75) is 13.3 Å². The van der Waals surface area contributed by atoms with Crippen LogP contribution in [0.3, 0.4) is 0 Å². The number of carbonyl (C=O) groups is 1. The summed E-state index contributed by atoms with van der Waals surface area (Å²) in [7, 11) is 0. The van der Waals surface area contributed by atoms with Crippen molar-refractivity contribution in [1.29, 1.82) is 0 Å². The van der Waals surface area contributed by atoms with Crippen LogP contribution in [0.5, 0.6) is 5.75 Å². The summed E-state index contributed by atoms with van der Waals surface area (Å²) in [5.41, 5.74) is 4.51. The van der Waals surface area contributed by atoms with E-state index in [1.54, 1.807) is 25.1 Å². The summed E-state index contributed by atoms with van der Waals surface area (Å²) < 4.78 is 16.5. The Balaban J connectivity index is 1.79. The number of benzene rings is 3. The Kier molecular flexibility index (Phi) is 5.60. The average Bonchev–Trinajstić information content (AvgIpc) is 3.15. The molecule has 5 nitrogen and oxygen atoms in total. The van der Waals surface area contributed by atoms with Crippen LogP contribution in [0.2, 0.25) is 0 Å². The molecule has 2 N–H and O–H groups in total. The first-order chi connectivity index (χ1) is 16.0. The quantitative estimate of drug-likeness (QED) is 0.491. The molecular weight excluding hydrogens is 417 g/mol. The molecule has 168 valence electrons. The summed E-state index contributed by atoms with van der Waals surface area (Å²) >= 11 is 0. The minimum Gasteiger partial charge on any atom is -0.508 e. The van der Waals surface area contributed by atoms with Gasteiger partial charge in [0.15, 0.2) is 0 Å². The Bertz CT molecular complexity index is 1320. The second kappa shape index (κ2) is 8.71. The van der Waals surface area contributed by atoms with Crippen molar-refractivity contribution in [2.75, 3.05) is 26.2 Å². The summed E-state index contributed by atoms with van der Waals surface area (Å²) in [5.74, 6) is -0.219. The summed E-state index contributed by atoms with van der Waals surface area (Å²) in [6, 6.07) is 20.0. The van der Waals surface area contributed by atoms with Gasteiger partial charge >= 0.3 is 0 Å². The van der Waals surface area contributed by atoms with Crippen LogP contribution in [-0.4, -0.2) is 46.7 Å². The number of piperazine rings is 1. The Labute approximate surface area is 192 Å². The first-order valence-electron chi connectivity index (χ1n) is 11.2. The van der Waals surface area contributed by atoms with Crippen LogP contribution in [0.1, 0.15) is 27.2 Å². The van der Waals surface area contributed by atoms with Crippen LogP contribution in [0.4, 0.5) is 4.39 Å². The van der Waals surface area contributed by atoms with E-state index in [0.717, 1.165) is 35.6 Å². The molecule has 1 saturated heterocycles. The number of phenols is 1. The number of rotatable bonds is 4. The van der Waals surface area contributed by atoms with Gasteiger partial charge in [0.05, 0.1) is 11.1 Å². The Hall–Kier alpha value is -3.64. The van der Waals surface area contributed by atoms with Gasteiger partial charge in [-0.25, -0.2) is 4.39 Å². The maximum Gasteiger partial charge on any atom is 0.256 e. The van der Waals surface area contributed by atoms with Crippen LogP contribution >= 0.6 is 0 Å². The van der Waals surface area contributed by atoms with E-state index < -0.39 is 0 Å². The lowest BCUT2D eigenvalue weighted by molar-refractivity contribution is 0.0736. The topological polar surface area (TPSA) is 57.5 Å². The van der Waals surface area contributed by atoms with Gasteiger partial charge in [-0.2, -0.15) is 0 Å². The molecule has 0 bridgehead atoms. The Morgan fingerprint density at radius 2 is 1.79 bits per heavy atom. The molecule has 0 unspecified atom stereocenters. The van der Waals surface area contributed by atoms with Gasteiger partial charge in [0.2, 0.25) is 0 Å². The number of fused-ring (bicyclic) bond motifs is 1. The number of aromatic hydroxyl groups is 1. The molecular formula is C27H26FN3O2. The van der Waals surface area contributed by atoms with Crippen molar-refractivity contribution in [2.24, 2.45) is 0 Å². The third-order valence-electron chi connectivity index (χ3n) is 6.42. The van der Waals surface area contributed by atoms with Gasteiger partial charge in [-0.3, -0.25) is 4.79 Å². The molecule has 0 aliphatic carbocycles. The molecule has 1 fully saturated rings. The van der Waals surface area contributed by atoms with Crippen molar-refractivity contribution >= 4 is 16.8 Å². The maximum absolute atomic E-state index is 14.4. The number of para-hydroxylation sites is 1. The molecule has 4 aromatic rings. The minimum absolute atomic E-state index is 0.0640. The van der Waals surface area contributed by atoms with E-state index in [9.17, 15) is 14.3 Å². The first-order valence-corrected chi connectivity index (χ1v) is 11.2. The van der Waals surface area contributed by atoms with Gasteiger partial charge in [-0.15, -0.1) is 0 Å². The lowest BCUT2D eigenvalue weighted by atomic mass is 9.99. The van der Waals surface area contributed by atoms with E-state index in [2.05, 4.69) is 9.88 Å². The molecule has 33 heavy (non-hydrogen) atoms. The third kappa shape index (κ3) is 3.87. The molecule has 1 aliphatic rings. The lowest BCUT2D eigenvalue weighted by Gasteiger charge is -2.28. The fourth-order valence-electron chi connectivity index (χ4n) is 4.66. The number of halogens is 1. The van der Waals surface area contributed by atoms with Gasteiger partial charge in [0, 0.05) is 49.4 Å². The van der Waals surface area contributed by atoms with Gasteiger partial charge in [-0.05, 0) is 54.4 Å². The highest BCUT2D eigenvalue weighted by molar-refractivity contribution is 6.09. The van der Waals surface area contributed by atoms with Gasteiger partial charge in [-0.1, -0.05) is 30.3 Å². The van der Waals surface area contributed by atoms with Crippen molar-refractivity contribution in [3.8, 4) is 11.4 Å². The molecule has 0 radical (unpaired) electrons. The first kappa shape index (κ1) is 21.2. The predicted molar refractivity (Wildman–Crippen MR) is 128 cm³/mol.